The number of hydrogen-bond donors (Lipinski definition) is 0. The third-order valence-electron chi connectivity index (χ3n) is 2.63. The van der Waals surface area contributed by atoms with Crippen molar-refractivity contribution in [3.05, 3.63) is 0 Å². The maximum absolute atomic E-state index is 11.6. The Morgan fingerprint density at radius 2 is 2.07 bits per heavy atom. The van der Waals surface area contributed by atoms with Gasteiger partial charge in [0.2, 0.25) is 11.8 Å². The Morgan fingerprint density at radius 3 is 2.50 bits per heavy atom. The van der Waals surface area contributed by atoms with Crippen molar-refractivity contribution in [1.29, 1.82) is 0 Å². The van der Waals surface area contributed by atoms with Crippen LogP contribution in [-0.2, 0) is 9.59 Å². The van der Waals surface area contributed by atoms with E-state index in [9.17, 15) is 9.59 Å². The number of imide groups is 1. The van der Waals surface area contributed by atoms with Crippen molar-refractivity contribution in [3.8, 4) is 0 Å². The van der Waals surface area contributed by atoms with Crippen molar-refractivity contribution in [2.24, 2.45) is 0 Å². The molecule has 0 unspecified atom stereocenters. The molecule has 0 aromatic rings. The Kier molecular flexibility index (Phi) is 4.07. The Bertz CT molecular complexity index is 224. The summed E-state index contributed by atoms with van der Waals surface area (Å²) in [6.45, 7) is 6.72. The smallest absolute Gasteiger partial charge is 0.243 e. The zero-order valence-corrected chi connectivity index (χ0v) is 8.95. The molecule has 0 bridgehead atoms. The second-order valence-corrected chi connectivity index (χ2v) is 3.50. The van der Waals surface area contributed by atoms with Gasteiger partial charge in [0.15, 0.2) is 0 Å². The van der Waals surface area contributed by atoms with Gasteiger partial charge in [-0.1, -0.05) is 13.8 Å². The standard InChI is InChI=1S/C10H18N2O2/c1-3-11(4-2)8-10(14)12-7-5-6-9(12)13/h3-8H2,1-2H3. The molecule has 0 saturated carbocycles. The summed E-state index contributed by atoms with van der Waals surface area (Å²) in [5.41, 5.74) is 0. The minimum Gasteiger partial charge on any atom is -0.295 e. The van der Waals surface area contributed by atoms with E-state index < -0.39 is 0 Å². The molecule has 1 aliphatic heterocycles. The summed E-state index contributed by atoms with van der Waals surface area (Å²) in [6.07, 6.45) is 1.35. The average molecular weight is 198 g/mol. The van der Waals surface area contributed by atoms with Gasteiger partial charge in [0.1, 0.15) is 0 Å². The molecule has 0 aromatic carbocycles. The fraction of sp³-hybridized carbons (Fsp3) is 0.800. The first-order valence-electron chi connectivity index (χ1n) is 5.24. The first-order valence-corrected chi connectivity index (χ1v) is 5.24. The number of hydrogen-bond acceptors (Lipinski definition) is 3. The van der Waals surface area contributed by atoms with E-state index in [4.69, 9.17) is 0 Å². The fourth-order valence-electron chi connectivity index (χ4n) is 1.64. The van der Waals surface area contributed by atoms with Gasteiger partial charge in [-0.3, -0.25) is 19.4 Å². The number of carbonyl (C=O) groups excluding carboxylic acids is 2. The third kappa shape index (κ3) is 2.54. The van der Waals surface area contributed by atoms with Crippen molar-refractivity contribution >= 4 is 11.8 Å². The van der Waals surface area contributed by atoms with Gasteiger partial charge < -0.3 is 0 Å². The summed E-state index contributed by atoms with van der Waals surface area (Å²) in [5.74, 6) is -0.0571. The van der Waals surface area contributed by atoms with Crippen LogP contribution in [0.1, 0.15) is 26.7 Å². The van der Waals surface area contributed by atoms with Crippen molar-refractivity contribution < 1.29 is 9.59 Å². The predicted octanol–water partition coefficient (Wildman–Crippen LogP) is 0.477. The summed E-state index contributed by atoms with van der Waals surface area (Å²) < 4.78 is 0. The van der Waals surface area contributed by atoms with Crippen LogP contribution in [0.4, 0.5) is 0 Å². The maximum Gasteiger partial charge on any atom is 0.243 e. The van der Waals surface area contributed by atoms with Gasteiger partial charge in [-0.25, -0.2) is 0 Å². The SMILES string of the molecule is CCN(CC)CC(=O)N1CCCC1=O. The van der Waals surface area contributed by atoms with Crippen molar-refractivity contribution in [3.63, 3.8) is 0 Å². The zero-order valence-electron chi connectivity index (χ0n) is 8.95. The van der Waals surface area contributed by atoms with Gasteiger partial charge in [0.05, 0.1) is 6.54 Å². The molecule has 0 radical (unpaired) electrons. The lowest BCUT2D eigenvalue weighted by molar-refractivity contribution is -0.142. The van der Waals surface area contributed by atoms with Crippen LogP contribution < -0.4 is 0 Å². The number of carbonyl (C=O) groups is 2. The van der Waals surface area contributed by atoms with Crippen molar-refractivity contribution in [2.75, 3.05) is 26.2 Å². The number of likely N-dealkylation sites (N-methyl/N-ethyl adjacent to an activating group) is 1. The molecular formula is C10H18N2O2. The summed E-state index contributed by atoms with van der Waals surface area (Å²) in [6, 6.07) is 0. The predicted molar refractivity (Wildman–Crippen MR) is 53.7 cm³/mol. The largest absolute Gasteiger partial charge is 0.295 e. The average Bonchev–Trinajstić information content (AvgIpc) is 2.60. The number of nitrogens with zero attached hydrogens (tertiary/aromatic N) is 2. The maximum atomic E-state index is 11.6. The molecule has 4 nitrogen and oxygen atoms in total. The van der Waals surface area contributed by atoms with Crippen molar-refractivity contribution in [2.45, 2.75) is 26.7 Å². The number of likely N-dealkylation sites (tertiary alicyclic amines) is 1. The first kappa shape index (κ1) is 11.2. The highest BCUT2D eigenvalue weighted by Crippen LogP contribution is 2.09. The lowest BCUT2D eigenvalue weighted by Gasteiger charge is -2.20. The fourth-order valence-corrected chi connectivity index (χ4v) is 1.64. The van der Waals surface area contributed by atoms with E-state index in [-0.39, 0.29) is 11.8 Å². The van der Waals surface area contributed by atoms with E-state index in [0.29, 0.717) is 19.5 Å². The molecule has 0 atom stereocenters. The Balaban J connectivity index is 2.44. The molecule has 0 aromatic heterocycles. The highest BCUT2D eigenvalue weighted by atomic mass is 16.2. The van der Waals surface area contributed by atoms with Gasteiger partial charge in [-0.05, 0) is 19.5 Å². The van der Waals surface area contributed by atoms with Gasteiger partial charge in [-0.15, -0.1) is 0 Å². The van der Waals surface area contributed by atoms with E-state index in [1.54, 1.807) is 0 Å². The zero-order chi connectivity index (χ0) is 10.6. The second-order valence-electron chi connectivity index (χ2n) is 3.50. The molecule has 0 N–H and O–H groups in total. The van der Waals surface area contributed by atoms with Crippen LogP contribution >= 0.6 is 0 Å². The molecule has 1 fully saturated rings. The van der Waals surface area contributed by atoms with Crippen LogP contribution in [0.5, 0.6) is 0 Å². The molecular weight excluding hydrogens is 180 g/mol. The minimum atomic E-state index is -0.0452. The van der Waals surface area contributed by atoms with E-state index in [0.717, 1.165) is 19.5 Å². The highest BCUT2D eigenvalue weighted by Gasteiger charge is 2.26. The molecule has 80 valence electrons. The molecule has 0 aliphatic carbocycles. The Hall–Kier alpha value is -0.900. The molecule has 1 rings (SSSR count). The molecule has 0 spiro atoms. The molecule has 1 heterocycles. The Morgan fingerprint density at radius 1 is 1.43 bits per heavy atom. The Labute approximate surface area is 84.9 Å². The number of rotatable bonds is 4. The normalized spacial score (nSPS) is 16.8. The number of amides is 2. The lowest BCUT2D eigenvalue weighted by atomic mass is 10.4. The molecule has 1 aliphatic rings. The summed E-state index contributed by atoms with van der Waals surface area (Å²) in [7, 11) is 0. The lowest BCUT2D eigenvalue weighted by Crippen LogP contribution is -2.40. The summed E-state index contributed by atoms with van der Waals surface area (Å²) in [4.78, 5) is 26.3. The van der Waals surface area contributed by atoms with E-state index >= 15 is 0 Å². The molecule has 2 amide bonds. The highest BCUT2D eigenvalue weighted by molar-refractivity contribution is 5.97. The molecule has 14 heavy (non-hydrogen) atoms. The van der Waals surface area contributed by atoms with Crippen LogP contribution in [0.3, 0.4) is 0 Å². The molecule has 4 heteroatoms. The molecule has 1 saturated heterocycles. The van der Waals surface area contributed by atoms with Gasteiger partial charge in [-0.2, -0.15) is 0 Å². The van der Waals surface area contributed by atoms with Crippen LogP contribution in [0, 0.1) is 0 Å². The summed E-state index contributed by atoms with van der Waals surface area (Å²) >= 11 is 0. The van der Waals surface area contributed by atoms with Crippen LogP contribution in [0.25, 0.3) is 0 Å². The van der Waals surface area contributed by atoms with E-state index in [2.05, 4.69) is 0 Å². The van der Waals surface area contributed by atoms with Gasteiger partial charge in [0.25, 0.3) is 0 Å². The van der Waals surface area contributed by atoms with E-state index in [1.165, 1.54) is 4.90 Å². The van der Waals surface area contributed by atoms with Gasteiger partial charge >= 0.3 is 0 Å². The summed E-state index contributed by atoms with van der Waals surface area (Å²) in [5, 5.41) is 0. The van der Waals surface area contributed by atoms with Crippen LogP contribution in [0.15, 0.2) is 0 Å². The van der Waals surface area contributed by atoms with E-state index in [1.807, 2.05) is 18.7 Å². The first-order chi connectivity index (χ1) is 6.69. The van der Waals surface area contributed by atoms with Gasteiger partial charge in [0, 0.05) is 13.0 Å². The van der Waals surface area contributed by atoms with Crippen molar-refractivity contribution in [1.82, 2.24) is 9.80 Å². The van der Waals surface area contributed by atoms with Crippen LogP contribution in [-0.4, -0.2) is 47.8 Å². The monoisotopic (exact) mass is 198 g/mol. The quantitative estimate of drug-likeness (QED) is 0.659. The minimum absolute atomic E-state index is 0.0119. The van der Waals surface area contributed by atoms with Crippen LogP contribution in [0.2, 0.25) is 0 Å². The second kappa shape index (κ2) is 5.10. The third-order valence-corrected chi connectivity index (χ3v) is 2.63. The topological polar surface area (TPSA) is 40.6 Å².